The number of hydrogen-bond donors (Lipinski definition) is 0. The predicted octanol–water partition coefficient (Wildman–Crippen LogP) is 1.49. The zero-order valence-corrected chi connectivity index (χ0v) is 8.30. The topological polar surface area (TPSA) is 70.2 Å². The highest BCUT2D eigenvalue weighted by atomic mass is 16.6. The maximum atomic E-state index is 10.9. The van der Waals surface area contributed by atoms with E-state index in [1.165, 1.54) is 13.4 Å². The van der Waals surface area contributed by atoms with Crippen molar-refractivity contribution >= 4 is 16.7 Å². The van der Waals surface area contributed by atoms with E-state index in [2.05, 4.69) is 4.98 Å². The highest BCUT2D eigenvalue weighted by Crippen LogP contribution is 2.33. The summed E-state index contributed by atoms with van der Waals surface area (Å²) in [4.78, 5) is 14.4. The van der Waals surface area contributed by atoms with E-state index in [1.807, 2.05) is 0 Å². The molecule has 6 nitrogen and oxygen atoms in total. The fourth-order valence-electron chi connectivity index (χ4n) is 1.51. The van der Waals surface area contributed by atoms with Gasteiger partial charge in [0, 0.05) is 7.05 Å². The monoisotopic (exact) mass is 207 g/mol. The number of nitro benzene ring substituents is 1. The van der Waals surface area contributed by atoms with Crippen LogP contribution < -0.4 is 4.74 Å². The van der Waals surface area contributed by atoms with Gasteiger partial charge < -0.3 is 9.30 Å². The molecule has 0 bridgehead atoms. The molecule has 1 aromatic carbocycles. The molecular weight excluding hydrogens is 198 g/mol. The molecule has 0 saturated carbocycles. The molecule has 2 aromatic rings. The minimum absolute atomic E-state index is 0.0874. The van der Waals surface area contributed by atoms with Crippen molar-refractivity contribution in [3.8, 4) is 5.75 Å². The van der Waals surface area contributed by atoms with Crippen molar-refractivity contribution in [2.75, 3.05) is 7.11 Å². The molecule has 15 heavy (non-hydrogen) atoms. The standard InChI is InChI=1S/C9H9N3O3/c1-11-5-10-8-6(11)3-4-7(15-2)9(8)12(13)14/h3-5H,1-2H3. The molecule has 0 atom stereocenters. The summed E-state index contributed by atoms with van der Waals surface area (Å²) in [6.07, 6.45) is 1.54. The smallest absolute Gasteiger partial charge is 0.338 e. The number of nitro groups is 1. The van der Waals surface area contributed by atoms with E-state index >= 15 is 0 Å². The summed E-state index contributed by atoms with van der Waals surface area (Å²) in [5.74, 6) is 0.228. The molecule has 1 heterocycles. The van der Waals surface area contributed by atoms with Crippen molar-refractivity contribution in [1.29, 1.82) is 0 Å². The van der Waals surface area contributed by atoms with Gasteiger partial charge in [0.15, 0.2) is 11.3 Å². The fourth-order valence-corrected chi connectivity index (χ4v) is 1.51. The molecule has 0 unspecified atom stereocenters. The Morgan fingerprint density at radius 2 is 2.27 bits per heavy atom. The van der Waals surface area contributed by atoms with Gasteiger partial charge in [-0.3, -0.25) is 10.1 Å². The van der Waals surface area contributed by atoms with Crippen molar-refractivity contribution in [1.82, 2.24) is 9.55 Å². The first-order chi connectivity index (χ1) is 7.15. The van der Waals surface area contributed by atoms with E-state index < -0.39 is 4.92 Å². The molecule has 1 aromatic heterocycles. The minimum Gasteiger partial charge on any atom is -0.490 e. The van der Waals surface area contributed by atoms with Crippen LogP contribution in [0.25, 0.3) is 11.0 Å². The molecule has 78 valence electrons. The maximum Gasteiger partial charge on any atom is 0.338 e. The third-order valence-corrected chi connectivity index (χ3v) is 2.24. The van der Waals surface area contributed by atoms with Crippen LogP contribution in [0.15, 0.2) is 18.5 Å². The molecule has 0 aliphatic rings. The molecule has 0 spiro atoms. The van der Waals surface area contributed by atoms with Crippen LogP contribution in [0.2, 0.25) is 0 Å². The number of aryl methyl sites for hydroxylation is 1. The molecular formula is C9H9N3O3. The number of fused-ring (bicyclic) bond motifs is 1. The van der Waals surface area contributed by atoms with Crippen molar-refractivity contribution in [2.24, 2.45) is 7.05 Å². The summed E-state index contributed by atoms with van der Waals surface area (Å²) in [6.45, 7) is 0. The summed E-state index contributed by atoms with van der Waals surface area (Å²) in [5, 5.41) is 10.9. The number of hydrogen-bond acceptors (Lipinski definition) is 4. The van der Waals surface area contributed by atoms with E-state index in [4.69, 9.17) is 4.74 Å². The molecule has 0 saturated heterocycles. The molecule has 2 rings (SSSR count). The Balaban J connectivity index is 2.85. The Morgan fingerprint density at radius 3 is 2.87 bits per heavy atom. The van der Waals surface area contributed by atoms with E-state index in [0.717, 1.165) is 0 Å². The zero-order chi connectivity index (χ0) is 11.0. The number of benzene rings is 1. The number of rotatable bonds is 2. The van der Waals surface area contributed by atoms with Gasteiger partial charge in [-0.15, -0.1) is 0 Å². The lowest BCUT2D eigenvalue weighted by Gasteiger charge is -2.01. The first kappa shape index (κ1) is 9.45. The van der Waals surface area contributed by atoms with Gasteiger partial charge in [-0.05, 0) is 12.1 Å². The number of imidazole rings is 1. The third kappa shape index (κ3) is 1.30. The number of methoxy groups -OCH3 is 1. The largest absolute Gasteiger partial charge is 0.490 e. The Labute approximate surface area is 85.2 Å². The van der Waals surface area contributed by atoms with E-state index in [-0.39, 0.29) is 11.4 Å². The molecule has 0 radical (unpaired) electrons. The Morgan fingerprint density at radius 1 is 1.53 bits per heavy atom. The Kier molecular flexibility index (Phi) is 2.03. The number of aromatic nitrogens is 2. The van der Waals surface area contributed by atoms with Crippen LogP contribution >= 0.6 is 0 Å². The molecule has 0 fully saturated rings. The van der Waals surface area contributed by atoms with Crippen LogP contribution in [-0.2, 0) is 7.05 Å². The van der Waals surface area contributed by atoms with Crippen molar-refractivity contribution in [3.05, 3.63) is 28.6 Å². The summed E-state index contributed by atoms with van der Waals surface area (Å²) >= 11 is 0. The van der Waals surface area contributed by atoms with E-state index in [1.54, 1.807) is 23.7 Å². The Bertz CT molecular complexity index is 533. The number of ether oxygens (including phenoxy) is 1. The van der Waals surface area contributed by atoms with Gasteiger partial charge in [-0.25, -0.2) is 4.98 Å². The van der Waals surface area contributed by atoms with Crippen LogP contribution in [-0.4, -0.2) is 21.6 Å². The second-order valence-electron chi connectivity index (χ2n) is 3.10. The third-order valence-electron chi connectivity index (χ3n) is 2.24. The molecule has 0 amide bonds. The van der Waals surface area contributed by atoms with Crippen LogP contribution in [0.1, 0.15) is 0 Å². The number of nitrogens with zero attached hydrogens (tertiary/aromatic N) is 3. The summed E-state index contributed by atoms with van der Waals surface area (Å²) in [6, 6.07) is 3.32. The van der Waals surface area contributed by atoms with Crippen molar-refractivity contribution in [3.63, 3.8) is 0 Å². The SMILES string of the molecule is COc1ccc2c(ncn2C)c1[N+](=O)[O-]. The average molecular weight is 207 g/mol. The quantitative estimate of drug-likeness (QED) is 0.552. The van der Waals surface area contributed by atoms with Crippen molar-refractivity contribution in [2.45, 2.75) is 0 Å². The maximum absolute atomic E-state index is 10.9. The molecule has 6 heteroatoms. The fraction of sp³-hybridized carbons (Fsp3) is 0.222. The van der Waals surface area contributed by atoms with Gasteiger partial charge >= 0.3 is 5.69 Å². The van der Waals surface area contributed by atoms with Gasteiger partial charge in [0.05, 0.1) is 23.9 Å². The van der Waals surface area contributed by atoms with Gasteiger partial charge in [0.25, 0.3) is 0 Å². The van der Waals surface area contributed by atoms with Crippen molar-refractivity contribution < 1.29 is 9.66 Å². The lowest BCUT2D eigenvalue weighted by molar-refractivity contribution is -0.384. The van der Waals surface area contributed by atoms with E-state index in [0.29, 0.717) is 11.0 Å². The lowest BCUT2D eigenvalue weighted by Crippen LogP contribution is -1.95. The highest BCUT2D eigenvalue weighted by Gasteiger charge is 2.21. The summed E-state index contributed by atoms with van der Waals surface area (Å²) in [5.41, 5.74) is 0.972. The van der Waals surface area contributed by atoms with Crippen LogP contribution in [0.5, 0.6) is 5.75 Å². The Hall–Kier alpha value is -2.11. The molecule has 0 aliphatic carbocycles. The lowest BCUT2D eigenvalue weighted by atomic mass is 10.2. The first-order valence-corrected chi connectivity index (χ1v) is 4.27. The van der Waals surface area contributed by atoms with Crippen LogP contribution in [0, 0.1) is 10.1 Å². The first-order valence-electron chi connectivity index (χ1n) is 4.27. The van der Waals surface area contributed by atoms with Crippen LogP contribution in [0.4, 0.5) is 5.69 Å². The second kappa shape index (κ2) is 3.23. The molecule has 0 aliphatic heterocycles. The normalized spacial score (nSPS) is 10.5. The van der Waals surface area contributed by atoms with Gasteiger partial charge in [-0.2, -0.15) is 0 Å². The van der Waals surface area contributed by atoms with Gasteiger partial charge in [0.1, 0.15) is 0 Å². The minimum atomic E-state index is -0.478. The highest BCUT2D eigenvalue weighted by molar-refractivity contribution is 5.88. The average Bonchev–Trinajstić information content (AvgIpc) is 2.58. The second-order valence-corrected chi connectivity index (χ2v) is 3.10. The van der Waals surface area contributed by atoms with Gasteiger partial charge in [0.2, 0.25) is 0 Å². The van der Waals surface area contributed by atoms with Gasteiger partial charge in [-0.1, -0.05) is 0 Å². The van der Waals surface area contributed by atoms with Crippen LogP contribution in [0.3, 0.4) is 0 Å². The summed E-state index contributed by atoms with van der Waals surface area (Å²) < 4.78 is 6.66. The molecule has 0 N–H and O–H groups in total. The summed E-state index contributed by atoms with van der Waals surface area (Å²) in [7, 11) is 3.18. The predicted molar refractivity (Wildman–Crippen MR) is 53.9 cm³/mol. The van der Waals surface area contributed by atoms with E-state index in [9.17, 15) is 10.1 Å². The zero-order valence-electron chi connectivity index (χ0n) is 8.30.